The maximum absolute atomic E-state index is 13.3. The number of thiazole rings is 1. The molecule has 0 saturated carbocycles. The second kappa shape index (κ2) is 6.96. The molecule has 0 saturated heterocycles. The van der Waals surface area contributed by atoms with E-state index in [-0.39, 0.29) is 5.91 Å². The molecule has 2 heterocycles. The van der Waals surface area contributed by atoms with Crippen LogP contribution in [0.1, 0.15) is 17.5 Å². The van der Waals surface area contributed by atoms with E-state index >= 15 is 0 Å². The van der Waals surface area contributed by atoms with Crippen LogP contribution >= 0.6 is 11.3 Å². The zero-order valence-electron chi connectivity index (χ0n) is 15.2. The molecular formula is C21H20N4OS. The molecule has 0 aliphatic carbocycles. The molecule has 0 aliphatic heterocycles. The predicted octanol–water partition coefficient (Wildman–Crippen LogP) is 4.17. The van der Waals surface area contributed by atoms with Gasteiger partial charge in [0.2, 0.25) is 5.91 Å². The summed E-state index contributed by atoms with van der Waals surface area (Å²) in [6, 6.07) is 19.7. The van der Waals surface area contributed by atoms with Crippen LogP contribution in [0.4, 0.5) is 5.82 Å². The number of nitrogens with one attached hydrogen (secondary N) is 1. The van der Waals surface area contributed by atoms with E-state index in [0.717, 1.165) is 20.8 Å². The van der Waals surface area contributed by atoms with Gasteiger partial charge in [0.1, 0.15) is 0 Å². The molecule has 0 aliphatic rings. The summed E-state index contributed by atoms with van der Waals surface area (Å²) in [6.45, 7) is 1.96. The van der Waals surface area contributed by atoms with Crippen LogP contribution in [0.3, 0.4) is 0 Å². The van der Waals surface area contributed by atoms with Crippen LogP contribution in [0.25, 0.3) is 10.2 Å². The van der Waals surface area contributed by atoms with Gasteiger partial charge in [-0.05, 0) is 24.6 Å². The molecule has 6 heteroatoms. The van der Waals surface area contributed by atoms with Crippen LogP contribution in [-0.4, -0.2) is 20.7 Å². The fourth-order valence-electron chi connectivity index (χ4n) is 3.15. The summed E-state index contributed by atoms with van der Waals surface area (Å²) >= 11 is 1.64. The third-order valence-corrected chi connectivity index (χ3v) is 5.75. The highest BCUT2D eigenvalue weighted by Gasteiger charge is 2.37. The molecule has 5 nitrogen and oxygen atoms in total. The van der Waals surface area contributed by atoms with Gasteiger partial charge in [-0.15, -0.1) is 11.3 Å². The molecule has 27 heavy (non-hydrogen) atoms. The van der Waals surface area contributed by atoms with Crippen molar-refractivity contribution in [3.63, 3.8) is 0 Å². The van der Waals surface area contributed by atoms with E-state index in [9.17, 15) is 4.79 Å². The summed E-state index contributed by atoms with van der Waals surface area (Å²) in [5.74, 6) is 0.459. The van der Waals surface area contributed by atoms with Gasteiger partial charge in [-0.2, -0.15) is 5.10 Å². The minimum atomic E-state index is -0.757. The van der Waals surface area contributed by atoms with Gasteiger partial charge < -0.3 is 5.32 Å². The number of anilines is 1. The maximum atomic E-state index is 13.3. The van der Waals surface area contributed by atoms with E-state index in [2.05, 4.69) is 16.5 Å². The Morgan fingerprint density at radius 1 is 1.11 bits per heavy atom. The SMILES string of the molecule is Cn1ccc(NC(=O)[C@](C)(Cc2nc3ccccc3s2)c2ccccc2)n1. The van der Waals surface area contributed by atoms with Crippen molar-refractivity contribution in [1.29, 1.82) is 0 Å². The van der Waals surface area contributed by atoms with E-state index in [1.54, 1.807) is 22.1 Å². The van der Waals surface area contributed by atoms with Gasteiger partial charge in [0, 0.05) is 25.7 Å². The fraction of sp³-hybridized carbons (Fsp3) is 0.190. The number of aromatic nitrogens is 3. The molecule has 2 aromatic heterocycles. The number of aryl methyl sites for hydroxylation is 1. The summed E-state index contributed by atoms with van der Waals surface area (Å²) < 4.78 is 2.80. The van der Waals surface area contributed by atoms with Crippen LogP contribution in [0.2, 0.25) is 0 Å². The maximum Gasteiger partial charge on any atom is 0.236 e. The van der Waals surface area contributed by atoms with Gasteiger partial charge in [-0.1, -0.05) is 42.5 Å². The Hall–Kier alpha value is -2.99. The Morgan fingerprint density at radius 3 is 2.56 bits per heavy atom. The third kappa shape index (κ3) is 3.48. The number of hydrogen-bond acceptors (Lipinski definition) is 4. The Morgan fingerprint density at radius 2 is 1.85 bits per heavy atom. The van der Waals surface area contributed by atoms with Crippen LogP contribution in [0.5, 0.6) is 0 Å². The van der Waals surface area contributed by atoms with Gasteiger partial charge in [0.25, 0.3) is 0 Å². The molecule has 1 amide bonds. The molecule has 4 rings (SSSR count). The lowest BCUT2D eigenvalue weighted by Crippen LogP contribution is -2.39. The second-order valence-electron chi connectivity index (χ2n) is 6.78. The van der Waals surface area contributed by atoms with Crippen molar-refractivity contribution in [2.24, 2.45) is 7.05 Å². The number of fused-ring (bicyclic) bond motifs is 1. The number of hydrogen-bond donors (Lipinski definition) is 1. The number of benzene rings is 2. The first-order chi connectivity index (χ1) is 13.0. The van der Waals surface area contributed by atoms with E-state index < -0.39 is 5.41 Å². The minimum Gasteiger partial charge on any atom is -0.308 e. The quantitative estimate of drug-likeness (QED) is 0.569. The van der Waals surface area contributed by atoms with Crippen molar-refractivity contribution in [3.8, 4) is 0 Å². The zero-order valence-corrected chi connectivity index (χ0v) is 16.0. The van der Waals surface area contributed by atoms with Gasteiger partial charge in [-0.25, -0.2) is 4.98 Å². The van der Waals surface area contributed by atoms with Crippen LogP contribution in [0, 0.1) is 0 Å². The van der Waals surface area contributed by atoms with Gasteiger partial charge in [0.15, 0.2) is 5.82 Å². The summed E-state index contributed by atoms with van der Waals surface area (Å²) in [5.41, 5.74) is 1.17. The molecule has 136 valence electrons. The Bertz CT molecular complexity index is 1050. The molecule has 1 atom stereocenters. The second-order valence-corrected chi connectivity index (χ2v) is 7.89. The summed E-state index contributed by atoms with van der Waals surface area (Å²) in [5, 5.41) is 8.18. The number of carbonyl (C=O) groups excluding carboxylic acids is 1. The van der Waals surface area contributed by atoms with Crippen molar-refractivity contribution in [2.75, 3.05) is 5.32 Å². The highest BCUT2D eigenvalue weighted by Crippen LogP contribution is 2.33. The van der Waals surface area contributed by atoms with Crippen molar-refractivity contribution < 1.29 is 4.79 Å². The number of rotatable bonds is 5. The number of amides is 1. The van der Waals surface area contributed by atoms with Crippen LogP contribution < -0.4 is 5.32 Å². The van der Waals surface area contributed by atoms with E-state index in [4.69, 9.17) is 4.98 Å². The first-order valence-corrected chi connectivity index (χ1v) is 9.57. The fourth-order valence-corrected chi connectivity index (χ4v) is 4.28. The lowest BCUT2D eigenvalue weighted by Gasteiger charge is -2.27. The predicted molar refractivity (Wildman–Crippen MR) is 109 cm³/mol. The largest absolute Gasteiger partial charge is 0.308 e. The molecule has 1 N–H and O–H groups in total. The average Bonchev–Trinajstić information content (AvgIpc) is 3.27. The lowest BCUT2D eigenvalue weighted by molar-refractivity contribution is -0.121. The molecule has 0 radical (unpaired) electrons. The van der Waals surface area contributed by atoms with Crippen molar-refractivity contribution >= 4 is 33.3 Å². The van der Waals surface area contributed by atoms with E-state index in [0.29, 0.717) is 12.2 Å². The number of carbonyl (C=O) groups is 1. The summed E-state index contributed by atoms with van der Waals surface area (Å²) in [7, 11) is 1.83. The standard InChI is InChI=1S/C21H20N4OS/c1-21(15-8-4-3-5-9-15,20(26)23-18-12-13-25(2)24-18)14-19-22-16-10-6-7-11-17(16)27-19/h3-13H,14H2,1-2H3,(H,23,24,26)/t21-/m1/s1. The van der Waals surface area contributed by atoms with Gasteiger partial charge >= 0.3 is 0 Å². The third-order valence-electron chi connectivity index (χ3n) is 4.71. The Balaban J connectivity index is 1.70. The van der Waals surface area contributed by atoms with Crippen LogP contribution in [-0.2, 0) is 23.7 Å². The molecule has 4 aromatic rings. The zero-order chi connectivity index (χ0) is 18.9. The lowest BCUT2D eigenvalue weighted by atomic mass is 9.78. The topological polar surface area (TPSA) is 59.8 Å². The summed E-state index contributed by atoms with van der Waals surface area (Å²) in [6.07, 6.45) is 2.33. The summed E-state index contributed by atoms with van der Waals surface area (Å²) in [4.78, 5) is 18.0. The van der Waals surface area contributed by atoms with E-state index in [1.165, 1.54) is 0 Å². The molecule has 2 aromatic carbocycles. The normalized spacial score (nSPS) is 13.4. The molecule has 0 bridgehead atoms. The first-order valence-electron chi connectivity index (χ1n) is 8.76. The van der Waals surface area contributed by atoms with E-state index in [1.807, 2.05) is 68.7 Å². The van der Waals surface area contributed by atoms with Crippen LogP contribution in [0.15, 0.2) is 66.9 Å². The Kier molecular flexibility index (Phi) is 4.49. The molecule has 0 fully saturated rings. The molecule has 0 spiro atoms. The van der Waals surface area contributed by atoms with Crippen molar-refractivity contribution in [1.82, 2.24) is 14.8 Å². The van der Waals surface area contributed by atoms with Gasteiger partial charge in [-0.3, -0.25) is 9.48 Å². The molecule has 0 unspecified atom stereocenters. The minimum absolute atomic E-state index is 0.0911. The monoisotopic (exact) mass is 376 g/mol. The number of para-hydroxylation sites is 1. The first kappa shape index (κ1) is 17.4. The Labute approximate surface area is 161 Å². The van der Waals surface area contributed by atoms with Crippen molar-refractivity contribution in [2.45, 2.75) is 18.8 Å². The highest BCUT2D eigenvalue weighted by atomic mass is 32.1. The average molecular weight is 376 g/mol. The highest BCUT2D eigenvalue weighted by molar-refractivity contribution is 7.18. The smallest absolute Gasteiger partial charge is 0.236 e. The number of nitrogens with zero attached hydrogens (tertiary/aromatic N) is 3. The van der Waals surface area contributed by atoms with Gasteiger partial charge in [0.05, 0.1) is 20.6 Å². The molecular weight excluding hydrogens is 356 g/mol. The van der Waals surface area contributed by atoms with Crippen molar-refractivity contribution in [3.05, 3.63) is 77.4 Å².